The molecule has 1 rings (SSSR count). The predicted octanol–water partition coefficient (Wildman–Crippen LogP) is 1.87. The number of sulfonamides is 1. The molecule has 7 heteroatoms. The smallest absolute Gasteiger partial charge is 0.321 e. The molecule has 0 radical (unpaired) electrons. The molecular formula is C13H14ClNO4S. The van der Waals surface area contributed by atoms with Gasteiger partial charge < -0.3 is 4.74 Å². The van der Waals surface area contributed by atoms with E-state index in [1.165, 1.54) is 6.08 Å². The van der Waals surface area contributed by atoms with Gasteiger partial charge in [0.25, 0.3) is 0 Å². The minimum atomic E-state index is -3.70. The standard InChI is InChI=1S/C13H14ClNO4S/c1-11(14)10-19-13(16)9-15-20(17,18)8-7-12-5-3-2-4-6-12/h2-8,15H,1,9-10H2/b8-7+. The van der Waals surface area contributed by atoms with Crippen LogP contribution in [0, 0.1) is 0 Å². The molecule has 0 aliphatic rings. The number of rotatable bonds is 7. The van der Waals surface area contributed by atoms with E-state index in [0.29, 0.717) is 0 Å². The molecule has 0 heterocycles. The van der Waals surface area contributed by atoms with Gasteiger partial charge in [-0.1, -0.05) is 48.5 Å². The van der Waals surface area contributed by atoms with Crippen LogP contribution in [0.25, 0.3) is 6.08 Å². The maximum atomic E-state index is 11.6. The van der Waals surface area contributed by atoms with Gasteiger partial charge in [0.15, 0.2) is 0 Å². The number of carbonyl (C=O) groups is 1. The first-order chi connectivity index (χ1) is 9.39. The van der Waals surface area contributed by atoms with Gasteiger partial charge in [-0.25, -0.2) is 13.1 Å². The van der Waals surface area contributed by atoms with Crippen LogP contribution in [0.4, 0.5) is 0 Å². The fraction of sp³-hybridized carbons (Fsp3) is 0.154. The highest BCUT2D eigenvalue weighted by Crippen LogP contribution is 2.02. The summed E-state index contributed by atoms with van der Waals surface area (Å²) < 4.78 is 29.9. The number of benzene rings is 1. The lowest BCUT2D eigenvalue weighted by molar-refractivity contribution is -0.141. The summed E-state index contributed by atoms with van der Waals surface area (Å²) in [5.74, 6) is -0.733. The van der Waals surface area contributed by atoms with E-state index in [1.54, 1.807) is 24.3 Å². The van der Waals surface area contributed by atoms with Gasteiger partial charge >= 0.3 is 5.97 Å². The molecule has 0 aromatic heterocycles. The molecule has 0 aliphatic heterocycles. The fourth-order valence-corrected chi connectivity index (χ4v) is 1.96. The molecule has 0 amide bonds. The van der Waals surface area contributed by atoms with Crippen molar-refractivity contribution in [2.45, 2.75) is 0 Å². The Labute approximate surface area is 122 Å². The van der Waals surface area contributed by atoms with E-state index in [4.69, 9.17) is 11.6 Å². The third-order valence-electron chi connectivity index (χ3n) is 2.05. The van der Waals surface area contributed by atoms with E-state index < -0.39 is 22.5 Å². The summed E-state index contributed by atoms with van der Waals surface area (Å²) in [6, 6.07) is 8.91. The Hall–Kier alpha value is -1.63. The van der Waals surface area contributed by atoms with Crippen LogP contribution in [0.2, 0.25) is 0 Å². The molecule has 108 valence electrons. The molecule has 1 aromatic rings. The molecule has 0 saturated heterocycles. The van der Waals surface area contributed by atoms with Crippen LogP contribution in [-0.2, 0) is 19.6 Å². The van der Waals surface area contributed by atoms with Crippen LogP contribution in [0.3, 0.4) is 0 Å². The first-order valence-electron chi connectivity index (χ1n) is 5.61. The summed E-state index contributed by atoms with van der Waals surface area (Å²) in [6.07, 6.45) is 1.42. The van der Waals surface area contributed by atoms with E-state index in [0.717, 1.165) is 11.0 Å². The van der Waals surface area contributed by atoms with Crippen molar-refractivity contribution >= 4 is 33.7 Å². The second kappa shape index (κ2) is 7.84. The third kappa shape index (κ3) is 7.08. The maximum Gasteiger partial charge on any atom is 0.321 e. The van der Waals surface area contributed by atoms with Crippen molar-refractivity contribution in [2.24, 2.45) is 0 Å². The minimum absolute atomic E-state index is 0.151. The molecule has 1 aromatic carbocycles. The van der Waals surface area contributed by atoms with Crippen molar-refractivity contribution in [2.75, 3.05) is 13.2 Å². The zero-order chi connectivity index (χ0) is 15.0. The number of hydrogen-bond donors (Lipinski definition) is 1. The lowest BCUT2D eigenvalue weighted by Crippen LogP contribution is -2.29. The molecule has 0 unspecified atom stereocenters. The number of esters is 1. The van der Waals surface area contributed by atoms with Crippen molar-refractivity contribution in [3.05, 3.63) is 52.9 Å². The van der Waals surface area contributed by atoms with Gasteiger partial charge in [-0.15, -0.1) is 0 Å². The lowest BCUT2D eigenvalue weighted by atomic mass is 10.2. The van der Waals surface area contributed by atoms with Crippen LogP contribution < -0.4 is 4.72 Å². The van der Waals surface area contributed by atoms with E-state index in [2.05, 4.69) is 16.0 Å². The highest BCUT2D eigenvalue weighted by Gasteiger charge is 2.09. The number of hydrogen-bond acceptors (Lipinski definition) is 4. The summed E-state index contributed by atoms with van der Waals surface area (Å²) in [5.41, 5.74) is 0.735. The van der Waals surface area contributed by atoms with Crippen LogP contribution in [0.15, 0.2) is 47.4 Å². The van der Waals surface area contributed by atoms with E-state index in [-0.39, 0.29) is 11.6 Å². The van der Waals surface area contributed by atoms with E-state index >= 15 is 0 Å². The zero-order valence-electron chi connectivity index (χ0n) is 10.6. The Morgan fingerprint density at radius 1 is 1.35 bits per heavy atom. The van der Waals surface area contributed by atoms with Gasteiger partial charge in [0, 0.05) is 10.4 Å². The van der Waals surface area contributed by atoms with Crippen molar-refractivity contribution in [3.8, 4) is 0 Å². The highest BCUT2D eigenvalue weighted by atomic mass is 35.5. The van der Waals surface area contributed by atoms with Crippen molar-refractivity contribution < 1.29 is 17.9 Å². The molecule has 0 aliphatic carbocycles. The summed E-state index contributed by atoms with van der Waals surface area (Å²) in [5, 5.41) is 1.14. The largest absolute Gasteiger partial charge is 0.459 e. The van der Waals surface area contributed by atoms with Crippen molar-refractivity contribution in [3.63, 3.8) is 0 Å². The Balaban J connectivity index is 2.48. The molecule has 0 bridgehead atoms. The monoisotopic (exact) mass is 315 g/mol. The Kier molecular flexibility index (Phi) is 6.44. The summed E-state index contributed by atoms with van der Waals surface area (Å²) in [6.45, 7) is 2.72. The number of ether oxygens (including phenoxy) is 1. The molecule has 1 N–H and O–H groups in total. The maximum absolute atomic E-state index is 11.6. The molecular weight excluding hydrogens is 302 g/mol. The normalized spacial score (nSPS) is 11.4. The van der Waals surface area contributed by atoms with Gasteiger partial charge in [-0.2, -0.15) is 0 Å². The second-order valence-electron chi connectivity index (χ2n) is 3.76. The van der Waals surface area contributed by atoms with Crippen LogP contribution in [-0.4, -0.2) is 27.5 Å². The van der Waals surface area contributed by atoms with Crippen LogP contribution in [0.5, 0.6) is 0 Å². The Bertz CT molecular complexity index is 596. The molecule has 0 atom stereocenters. The predicted molar refractivity (Wildman–Crippen MR) is 78.4 cm³/mol. The highest BCUT2D eigenvalue weighted by molar-refractivity contribution is 7.92. The SMILES string of the molecule is C=C(Cl)COC(=O)CNS(=O)(=O)/C=C/c1ccccc1. The quantitative estimate of drug-likeness (QED) is 0.780. The first-order valence-corrected chi connectivity index (χ1v) is 7.53. The van der Waals surface area contributed by atoms with Gasteiger partial charge in [-0.05, 0) is 11.6 Å². The summed E-state index contributed by atoms with van der Waals surface area (Å²) >= 11 is 5.41. The van der Waals surface area contributed by atoms with Crippen molar-refractivity contribution in [1.29, 1.82) is 0 Å². The van der Waals surface area contributed by atoms with Crippen LogP contribution in [0.1, 0.15) is 5.56 Å². The van der Waals surface area contributed by atoms with E-state index in [9.17, 15) is 13.2 Å². The van der Waals surface area contributed by atoms with E-state index in [1.807, 2.05) is 6.07 Å². The minimum Gasteiger partial charge on any atom is -0.459 e. The average Bonchev–Trinajstić information content (AvgIpc) is 2.42. The molecule has 20 heavy (non-hydrogen) atoms. The molecule has 0 saturated carbocycles. The lowest BCUT2D eigenvalue weighted by Gasteiger charge is -2.04. The topological polar surface area (TPSA) is 72.5 Å². The first kappa shape index (κ1) is 16.4. The summed E-state index contributed by atoms with van der Waals surface area (Å²) in [4.78, 5) is 11.2. The number of nitrogens with one attached hydrogen (secondary N) is 1. The van der Waals surface area contributed by atoms with Gasteiger partial charge in [0.2, 0.25) is 10.0 Å². The van der Waals surface area contributed by atoms with Gasteiger partial charge in [0.1, 0.15) is 13.2 Å². The van der Waals surface area contributed by atoms with Gasteiger partial charge in [0.05, 0.1) is 0 Å². The molecule has 0 spiro atoms. The molecule has 0 fully saturated rings. The third-order valence-corrected chi connectivity index (χ3v) is 3.20. The van der Waals surface area contributed by atoms with Crippen molar-refractivity contribution in [1.82, 2.24) is 4.72 Å². The average molecular weight is 316 g/mol. The fourth-order valence-electron chi connectivity index (χ4n) is 1.15. The molecule has 5 nitrogen and oxygen atoms in total. The summed E-state index contributed by atoms with van der Waals surface area (Å²) in [7, 11) is -3.70. The zero-order valence-corrected chi connectivity index (χ0v) is 12.2. The van der Waals surface area contributed by atoms with Gasteiger partial charge in [-0.3, -0.25) is 4.79 Å². The van der Waals surface area contributed by atoms with Crippen LogP contribution >= 0.6 is 11.6 Å². The second-order valence-corrected chi connectivity index (χ2v) is 5.94. The number of halogens is 1. The Morgan fingerprint density at radius 3 is 2.60 bits per heavy atom. The Morgan fingerprint density at radius 2 is 2.00 bits per heavy atom. The number of carbonyl (C=O) groups excluding carboxylic acids is 1.